The van der Waals surface area contributed by atoms with E-state index in [0.29, 0.717) is 12.0 Å². The number of aliphatic hydroxyl groups excluding tert-OH is 1. The van der Waals surface area contributed by atoms with Crippen molar-refractivity contribution < 1.29 is 24.1 Å². The van der Waals surface area contributed by atoms with Gasteiger partial charge in [-0.05, 0) is 38.8 Å². The van der Waals surface area contributed by atoms with Crippen LogP contribution in [0.4, 0.5) is 0 Å². The summed E-state index contributed by atoms with van der Waals surface area (Å²) in [7, 11) is 0. The molecule has 5 heteroatoms. The minimum atomic E-state index is -0.832. The van der Waals surface area contributed by atoms with E-state index < -0.39 is 24.5 Å². The molecule has 24 heavy (non-hydrogen) atoms. The number of benzene rings is 1. The SMILES string of the molecule is C=CCCC(C)OC1OC(C)C(OC(=O)c2ccccc2)CC1O. The molecule has 0 bridgehead atoms. The molecular weight excluding hydrogens is 308 g/mol. The van der Waals surface area contributed by atoms with Gasteiger partial charge in [0, 0.05) is 6.42 Å². The lowest BCUT2D eigenvalue weighted by Crippen LogP contribution is -2.49. The molecule has 132 valence electrons. The van der Waals surface area contributed by atoms with Gasteiger partial charge in [0.05, 0.1) is 17.8 Å². The second kappa shape index (κ2) is 8.97. The van der Waals surface area contributed by atoms with Crippen LogP contribution in [0, 0.1) is 0 Å². The second-order valence-electron chi connectivity index (χ2n) is 6.14. The van der Waals surface area contributed by atoms with Crippen molar-refractivity contribution in [2.24, 2.45) is 0 Å². The van der Waals surface area contributed by atoms with Crippen LogP contribution in [0.15, 0.2) is 43.0 Å². The molecular formula is C19H26O5. The fraction of sp³-hybridized carbons (Fsp3) is 0.526. The molecule has 5 unspecified atom stereocenters. The average molecular weight is 334 g/mol. The van der Waals surface area contributed by atoms with Gasteiger partial charge in [-0.25, -0.2) is 4.79 Å². The molecule has 1 aliphatic rings. The number of rotatable bonds is 7. The monoisotopic (exact) mass is 334 g/mol. The van der Waals surface area contributed by atoms with Gasteiger partial charge in [-0.15, -0.1) is 6.58 Å². The first kappa shape index (κ1) is 18.6. The molecule has 1 fully saturated rings. The van der Waals surface area contributed by atoms with E-state index in [1.54, 1.807) is 24.3 Å². The van der Waals surface area contributed by atoms with Crippen molar-refractivity contribution in [3.8, 4) is 0 Å². The van der Waals surface area contributed by atoms with Crippen LogP contribution in [-0.4, -0.2) is 41.8 Å². The Morgan fingerprint density at radius 1 is 1.46 bits per heavy atom. The highest BCUT2D eigenvalue weighted by atomic mass is 16.7. The van der Waals surface area contributed by atoms with Gasteiger partial charge in [-0.1, -0.05) is 24.3 Å². The van der Waals surface area contributed by atoms with Crippen LogP contribution >= 0.6 is 0 Å². The Bertz CT molecular complexity index is 530. The van der Waals surface area contributed by atoms with E-state index in [-0.39, 0.29) is 12.2 Å². The van der Waals surface area contributed by atoms with Crippen molar-refractivity contribution in [3.05, 3.63) is 48.6 Å². The highest BCUT2D eigenvalue weighted by molar-refractivity contribution is 5.89. The van der Waals surface area contributed by atoms with Gasteiger partial charge in [0.2, 0.25) is 0 Å². The van der Waals surface area contributed by atoms with Crippen molar-refractivity contribution in [1.29, 1.82) is 0 Å². The van der Waals surface area contributed by atoms with Gasteiger partial charge < -0.3 is 19.3 Å². The van der Waals surface area contributed by atoms with Crippen LogP contribution in [0.25, 0.3) is 0 Å². The van der Waals surface area contributed by atoms with Gasteiger partial charge in [0.25, 0.3) is 0 Å². The number of carbonyl (C=O) groups is 1. The second-order valence-corrected chi connectivity index (χ2v) is 6.14. The van der Waals surface area contributed by atoms with E-state index in [2.05, 4.69) is 6.58 Å². The first-order chi connectivity index (χ1) is 11.5. The third-order valence-corrected chi connectivity index (χ3v) is 4.07. The molecule has 1 aromatic carbocycles. The largest absolute Gasteiger partial charge is 0.456 e. The van der Waals surface area contributed by atoms with Gasteiger partial charge in [-0.3, -0.25) is 0 Å². The fourth-order valence-corrected chi connectivity index (χ4v) is 2.63. The predicted molar refractivity (Wildman–Crippen MR) is 90.6 cm³/mol. The van der Waals surface area contributed by atoms with Crippen LogP contribution < -0.4 is 0 Å². The number of aliphatic hydroxyl groups is 1. The summed E-state index contributed by atoms with van der Waals surface area (Å²) >= 11 is 0. The van der Waals surface area contributed by atoms with Crippen LogP contribution in [-0.2, 0) is 14.2 Å². The molecule has 1 N–H and O–H groups in total. The average Bonchev–Trinajstić information content (AvgIpc) is 2.58. The Labute approximate surface area is 143 Å². The third kappa shape index (κ3) is 5.16. The highest BCUT2D eigenvalue weighted by Gasteiger charge is 2.38. The fourth-order valence-electron chi connectivity index (χ4n) is 2.63. The minimum absolute atomic E-state index is 0.0433. The lowest BCUT2D eigenvalue weighted by Gasteiger charge is -2.38. The Hall–Kier alpha value is -1.69. The maximum Gasteiger partial charge on any atom is 0.338 e. The Balaban J connectivity index is 1.88. The lowest BCUT2D eigenvalue weighted by molar-refractivity contribution is -0.273. The summed E-state index contributed by atoms with van der Waals surface area (Å²) in [6, 6.07) is 8.78. The minimum Gasteiger partial charge on any atom is -0.456 e. The van der Waals surface area contributed by atoms with Crippen molar-refractivity contribution in [3.63, 3.8) is 0 Å². The molecule has 0 saturated carbocycles. The zero-order chi connectivity index (χ0) is 17.5. The van der Waals surface area contributed by atoms with E-state index in [1.165, 1.54) is 0 Å². The molecule has 0 radical (unpaired) electrons. The first-order valence-corrected chi connectivity index (χ1v) is 8.37. The molecule has 0 aromatic heterocycles. The third-order valence-electron chi connectivity index (χ3n) is 4.07. The molecule has 5 atom stereocenters. The molecule has 1 aromatic rings. The topological polar surface area (TPSA) is 65.0 Å². The molecule has 5 nitrogen and oxygen atoms in total. The summed E-state index contributed by atoms with van der Waals surface area (Å²) in [4.78, 5) is 12.1. The summed E-state index contributed by atoms with van der Waals surface area (Å²) in [6.45, 7) is 7.44. The number of hydrogen-bond acceptors (Lipinski definition) is 5. The summed E-state index contributed by atoms with van der Waals surface area (Å²) in [5.74, 6) is -0.415. The smallest absolute Gasteiger partial charge is 0.338 e. The molecule has 1 heterocycles. The summed E-state index contributed by atoms with van der Waals surface area (Å²) < 4.78 is 17.0. The van der Waals surface area contributed by atoms with Crippen molar-refractivity contribution in [1.82, 2.24) is 0 Å². The number of esters is 1. The van der Waals surface area contributed by atoms with Crippen LogP contribution in [0.2, 0.25) is 0 Å². The molecule has 0 amide bonds. The molecule has 0 spiro atoms. The quantitative estimate of drug-likeness (QED) is 0.613. The van der Waals surface area contributed by atoms with E-state index >= 15 is 0 Å². The number of allylic oxidation sites excluding steroid dienone is 1. The summed E-state index contributed by atoms with van der Waals surface area (Å²) in [5.41, 5.74) is 0.482. The van der Waals surface area contributed by atoms with Crippen molar-refractivity contribution in [2.45, 2.75) is 63.8 Å². The molecule has 2 rings (SSSR count). The Morgan fingerprint density at radius 3 is 2.83 bits per heavy atom. The van der Waals surface area contributed by atoms with Crippen LogP contribution in [0.5, 0.6) is 0 Å². The van der Waals surface area contributed by atoms with E-state index in [0.717, 1.165) is 12.8 Å². The van der Waals surface area contributed by atoms with Crippen LogP contribution in [0.3, 0.4) is 0 Å². The Kier molecular flexibility index (Phi) is 6.97. The highest BCUT2D eigenvalue weighted by Crippen LogP contribution is 2.25. The van der Waals surface area contributed by atoms with Gasteiger partial charge >= 0.3 is 5.97 Å². The standard InChI is InChI=1S/C19H26O5/c1-4-5-9-13(2)22-19-16(20)12-17(14(3)23-19)24-18(21)15-10-7-6-8-11-15/h4,6-8,10-11,13-14,16-17,19-20H,1,5,9,12H2,2-3H3. The Morgan fingerprint density at radius 2 is 2.17 bits per heavy atom. The molecule has 0 aliphatic carbocycles. The first-order valence-electron chi connectivity index (χ1n) is 8.37. The van der Waals surface area contributed by atoms with Gasteiger partial charge in [0.1, 0.15) is 12.2 Å². The van der Waals surface area contributed by atoms with E-state index in [4.69, 9.17) is 14.2 Å². The number of carbonyl (C=O) groups excluding carboxylic acids is 1. The maximum atomic E-state index is 12.1. The van der Waals surface area contributed by atoms with Crippen molar-refractivity contribution in [2.75, 3.05) is 0 Å². The van der Waals surface area contributed by atoms with Gasteiger partial charge in [0.15, 0.2) is 6.29 Å². The lowest BCUT2D eigenvalue weighted by atomic mass is 10.0. The number of hydrogen-bond donors (Lipinski definition) is 1. The predicted octanol–water partition coefficient (Wildman–Crippen LogP) is 3.08. The zero-order valence-electron chi connectivity index (χ0n) is 14.3. The van der Waals surface area contributed by atoms with E-state index in [1.807, 2.05) is 26.0 Å². The molecule has 1 aliphatic heterocycles. The summed E-state index contributed by atoms with van der Waals surface area (Å²) in [6.07, 6.45) is 1.35. The van der Waals surface area contributed by atoms with Crippen molar-refractivity contribution >= 4 is 5.97 Å². The number of ether oxygens (including phenoxy) is 3. The van der Waals surface area contributed by atoms with Crippen LogP contribution in [0.1, 0.15) is 43.5 Å². The molecule has 1 saturated heterocycles. The maximum absolute atomic E-state index is 12.1. The zero-order valence-corrected chi connectivity index (χ0v) is 14.3. The van der Waals surface area contributed by atoms with E-state index in [9.17, 15) is 9.90 Å². The van der Waals surface area contributed by atoms with Gasteiger partial charge in [-0.2, -0.15) is 0 Å². The normalized spacial score (nSPS) is 28.1. The summed E-state index contributed by atoms with van der Waals surface area (Å²) in [5, 5.41) is 10.3.